The summed E-state index contributed by atoms with van der Waals surface area (Å²) in [5.74, 6) is 0.606. The second kappa shape index (κ2) is 9.30. The van der Waals surface area contributed by atoms with Crippen molar-refractivity contribution in [2.45, 2.75) is 32.1 Å². The zero-order chi connectivity index (χ0) is 22.7. The molecule has 1 aliphatic carbocycles. The van der Waals surface area contributed by atoms with Crippen LogP contribution in [0.2, 0.25) is 0 Å². The number of carbonyl (C=O) groups excluding carboxylic acids is 2. The molecule has 1 saturated carbocycles. The lowest BCUT2D eigenvalue weighted by atomic mass is 9.89. The van der Waals surface area contributed by atoms with Crippen molar-refractivity contribution >= 4 is 11.8 Å². The number of ether oxygens (including phenoxy) is 2. The molecule has 1 aliphatic rings. The molecule has 2 aromatic carbocycles. The van der Waals surface area contributed by atoms with E-state index in [1.807, 2.05) is 18.2 Å². The molecule has 4 rings (SSSR count). The summed E-state index contributed by atoms with van der Waals surface area (Å²) in [5, 5.41) is 0. The van der Waals surface area contributed by atoms with Gasteiger partial charge in [0.25, 0.3) is 0 Å². The van der Waals surface area contributed by atoms with Gasteiger partial charge in [-0.1, -0.05) is 24.3 Å². The number of ketones is 1. The van der Waals surface area contributed by atoms with Crippen LogP contribution in [0.15, 0.2) is 60.8 Å². The Kier molecular flexibility index (Phi) is 6.30. The van der Waals surface area contributed by atoms with Crippen LogP contribution in [-0.2, 0) is 4.79 Å². The summed E-state index contributed by atoms with van der Waals surface area (Å²) in [4.78, 5) is 28.2. The summed E-state index contributed by atoms with van der Waals surface area (Å²) < 4.78 is 24.8. The third-order valence-electron chi connectivity index (χ3n) is 5.67. The summed E-state index contributed by atoms with van der Waals surface area (Å²) >= 11 is 0. The third-order valence-corrected chi connectivity index (χ3v) is 5.67. The lowest BCUT2D eigenvalue weighted by Gasteiger charge is -2.16. The van der Waals surface area contributed by atoms with Crippen molar-refractivity contribution in [3.05, 3.63) is 77.7 Å². The van der Waals surface area contributed by atoms with Gasteiger partial charge in [-0.25, -0.2) is 14.2 Å². The van der Waals surface area contributed by atoms with Gasteiger partial charge in [0.05, 0.1) is 18.9 Å². The van der Waals surface area contributed by atoms with E-state index in [2.05, 4.69) is 4.98 Å². The number of hydrogen-bond donors (Lipinski definition) is 0. The number of carbonyl (C=O) groups is 2. The molecule has 32 heavy (non-hydrogen) atoms. The smallest absolute Gasteiger partial charge is 0.343 e. The van der Waals surface area contributed by atoms with Gasteiger partial charge >= 0.3 is 5.97 Å². The lowest BCUT2D eigenvalue weighted by Crippen LogP contribution is -2.10. The fraction of sp³-hybridized carbons (Fsp3) is 0.269. The van der Waals surface area contributed by atoms with E-state index in [4.69, 9.17) is 9.47 Å². The molecule has 0 spiro atoms. The zero-order valence-electron chi connectivity index (χ0n) is 18.0. The van der Waals surface area contributed by atoms with E-state index in [9.17, 15) is 14.0 Å². The van der Waals surface area contributed by atoms with Crippen LogP contribution in [0.1, 0.15) is 48.0 Å². The molecule has 0 amide bonds. The first kappa shape index (κ1) is 21.7. The quantitative estimate of drug-likeness (QED) is 0.342. The number of Topliss-reactive ketones (excluding diaryl/α,β-unsaturated/α-hetero) is 1. The monoisotopic (exact) mass is 433 g/mol. The maximum Gasteiger partial charge on any atom is 0.343 e. The molecule has 1 aromatic heterocycles. The molecule has 0 unspecified atom stereocenters. The number of rotatable bonds is 8. The minimum Gasteiger partial charge on any atom is -0.481 e. The van der Waals surface area contributed by atoms with E-state index < -0.39 is 11.8 Å². The van der Waals surface area contributed by atoms with Crippen molar-refractivity contribution in [1.82, 2.24) is 4.98 Å². The van der Waals surface area contributed by atoms with Crippen molar-refractivity contribution in [2.24, 2.45) is 5.92 Å². The van der Waals surface area contributed by atoms with E-state index in [0.717, 1.165) is 24.6 Å². The molecule has 3 aromatic rings. The highest BCUT2D eigenvalue weighted by molar-refractivity contribution is 5.91. The molecule has 164 valence electrons. The van der Waals surface area contributed by atoms with Crippen LogP contribution < -0.4 is 9.47 Å². The van der Waals surface area contributed by atoms with Crippen molar-refractivity contribution < 1.29 is 23.5 Å². The Morgan fingerprint density at radius 3 is 2.53 bits per heavy atom. The highest BCUT2D eigenvalue weighted by atomic mass is 19.1. The summed E-state index contributed by atoms with van der Waals surface area (Å²) in [6.45, 7) is 1.61. The maximum atomic E-state index is 14.2. The number of benzene rings is 2. The van der Waals surface area contributed by atoms with E-state index in [0.29, 0.717) is 40.7 Å². The molecular formula is C26H24FNO4. The van der Waals surface area contributed by atoms with Gasteiger partial charge in [0, 0.05) is 18.1 Å². The second-order valence-electron chi connectivity index (χ2n) is 8.10. The predicted molar refractivity (Wildman–Crippen MR) is 118 cm³/mol. The summed E-state index contributed by atoms with van der Waals surface area (Å²) in [6, 6.07) is 15.4. The minimum absolute atomic E-state index is 0.160. The number of hydrogen-bond acceptors (Lipinski definition) is 5. The standard InChI is InChI=1S/C26H24FNO4/c1-16(29)12-22(17-6-7-17)20-4-3-5-21(13-20)32-26(30)19-10-8-18(9-11-19)23-14-25(31-2)28-15-24(23)27/h3-5,8-11,13-15,17,22H,6-7,12H2,1-2H3/t22-/m0/s1. The minimum atomic E-state index is -0.504. The van der Waals surface area contributed by atoms with E-state index in [-0.39, 0.29) is 11.7 Å². The maximum absolute atomic E-state index is 14.2. The van der Waals surface area contributed by atoms with Gasteiger partial charge in [-0.05, 0) is 67.0 Å². The van der Waals surface area contributed by atoms with Gasteiger partial charge in [0.1, 0.15) is 17.3 Å². The fourth-order valence-electron chi connectivity index (χ4n) is 3.88. The summed E-state index contributed by atoms with van der Waals surface area (Å²) in [6.07, 6.45) is 3.85. The molecule has 1 heterocycles. The van der Waals surface area contributed by atoms with Crippen LogP contribution in [0.4, 0.5) is 4.39 Å². The van der Waals surface area contributed by atoms with E-state index >= 15 is 0 Å². The first-order chi connectivity index (χ1) is 15.4. The van der Waals surface area contributed by atoms with E-state index in [1.165, 1.54) is 13.2 Å². The van der Waals surface area contributed by atoms with Gasteiger partial charge in [-0.3, -0.25) is 0 Å². The van der Waals surface area contributed by atoms with Gasteiger partial charge in [0.2, 0.25) is 5.88 Å². The van der Waals surface area contributed by atoms with Crippen LogP contribution in [0.25, 0.3) is 11.1 Å². The van der Waals surface area contributed by atoms with Crippen molar-refractivity contribution in [3.63, 3.8) is 0 Å². The largest absolute Gasteiger partial charge is 0.481 e. The van der Waals surface area contributed by atoms with Crippen LogP contribution in [0.3, 0.4) is 0 Å². The normalized spacial score (nSPS) is 14.0. The van der Waals surface area contributed by atoms with Crippen LogP contribution in [-0.4, -0.2) is 23.8 Å². The number of pyridine rings is 1. The second-order valence-corrected chi connectivity index (χ2v) is 8.10. The molecule has 1 atom stereocenters. The number of nitrogens with zero attached hydrogens (tertiary/aromatic N) is 1. The number of methoxy groups -OCH3 is 1. The topological polar surface area (TPSA) is 65.5 Å². The van der Waals surface area contributed by atoms with Crippen LogP contribution in [0, 0.1) is 11.7 Å². The molecule has 0 aliphatic heterocycles. The molecule has 0 N–H and O–H groups in total. The van der Waals surface area contributed by atoms with Crippen molar-refractivity contribution in [1.29, 1.82) is 0 Å². The SMILES string of the molecule is COc1cc(-c2ccc(C(=O)Oc3cccc([C@@H](CC(C)=O)C4CC4)c3)cc2)c(F)cn1. The molecule has 1 fully saturated rings. The number of esters is 1. The first-order valence-corrected chi connectivity index (χ1v) is 10.6. The van der Waals surface area contributed by atoms with Gasteiger partial charge in [-0.15, -0.1) is 0 Å². The van der Waals surface area contributed by atoms with Crippen LogP contribution >= 0.6 is 0 Å². The Balaban J connectivity index is 1.49. The van der Waals surface area contributed by atoms with Gasteiger partial charge < -0.3 is 14.3 Å². The molecular weight excluding hydrogens is 409 g/mol. The third kappa shape index (κ3) is 5.02. The number of aromatic nitrogens is 1. The average molecular weight is 433 g/mol. The number of halogens is 1. The fourth-order valence-corrected chi connectivity index (χ4v) is 3.88. The molecule has 6 heteroatoms. The Hall–Kier alpha value is -3.54. The Morgan fingerprint density at radius 1 is 1.12 bits per heavy atom. The Morgan fingerprint density at radius 2 is 1.88 bits per heavy atom. The summed E-state index contributed by atoms with van der Waals surface area (Å²) in [5.41, 5.74) is 2.30. The van der Waals surface area contributed by atoms with Gasteiger partial charge in [0.15, 0.2) is 0 Å². The molecule has 0 bridgehead atoms. The highest BCUT2D eigenvalue weighted by Crippen LogP contribution is 2.45. The lowest BCUT2D eigenvalue weighted by molar-refractivity contribution is -0.117. The molecule has 0 saturated heterocycles. The van der Waals surface area contributed by atoms with Crippen LogP contribution in [0.5, 0.6) is 11.6 Å². The predicted octanol–water partition coefficient (Wildman–Crippen LogP) is 5.59. The zero-order valence-corrected chi connectivity index (χ0v) is 18.0. The van der Waals surface area contributed by atoms with Gasteiger partial charge in [-0.2, -0.15) is 0 Å². The van der Waals surface area contributed by atoms with E-state index in [1.54, 1.807) is 37.3 Å². The Bertz CT molecular complexity index is 1140. The average Bonchev–Trinajstić information content (AvgIpc) is 3.63. The molecule has 5 nitrogen and oxygen atoms in total. The van der Waals surface area contributed by atoms with Crippen molar-refractivity contribution in [3.8, 4) is 22.8 Å². The molecule has 0 radical (unpaired) electrons. The highest BCUT2D eigenvalue weighted by Gasteiger charge is 2.33. The summed E-state index contributed by atoms with van der Waals surface area (Å²) in [7, 11) is 1.46. The van der Waals surface area contributed by atoms with Crippen molar-refractivity contribution in [2.75, 3.05) is 7.11 Å². The Labute approximate surface area is 186 Å². The first-order valence-electron chi connectivity index (χ1n) is 10.6.